The van der Waals surface area contributed by atoms with Crippen LogP contribution in [0.3, 0.4) is 0 Å². The molecule has 15 heavy (non-hydrogen) atoms. The Bertz CT molecular complexity index is 343. The van der Waals surface area contributed by atoms with Crippen LogP contribution < -0.4 is 4.74 Å². The van der Waals surface area contributed by atoms with Crippen LogP contribution in [0.5, 0.6) is 5.75 Å². The second-order valence-corrected chi connectivity index (χ2v) is 4.10. The van der Waals surface area contributed by atoms with Crippen LogP contribution in [0, 0.1) is 6.92 Å². The van der Waals surface area contributed by atoms with Gasteiger partial charge in [0.05, 0.1) is 0 Å². The lowest BCUT2D eigenvalue weighted by atomic mass is 10.2. The van der Waals surface area contributed by atoms with Crippen LogP contribution in [0.1, 0.15) is 5.56 Å². The SMILES string of the molecule is Cc1cc(S)cc(OCC(=O)N(C)C)c1. The molecule has 0 spiro atoms. The Morgan fingerprint density at radius 2 is 2.07 bits per heavy atom. The molecule has 1 amide bonds. The molecule has 0 aromatic heterocycles. The van der Waals surface area contributed by atoms with E-state index in [2.05, 4.69) is 12.6 Å². The summed E-state index contributed by atoms with van der Waals surface area (Å²) >= 11 is 4.23. The number of aryl methyl sites for hydroxylation is 1. The first-order valence-corrected chi connectivity index (χ1v) is 5.07. The number of amides is 1. The summed E-state index contributed by atoms with van der Waals surface area (Å²) < 4.78 is 5.35. The molecule has 0 N–H and O–H groups in total. The lowest BCUT2D eigenvalue weighted by molar-refractivity contribution is -0.130. The molecule has 0 fully saturated rings. The first-order chi connectivity index (χ1) is 6.99. The Balaban J connectivity index is 2.61. The van der Waals surface area contributed by atoms with Gasteiger partial charge in [-0.2, -0.15) is 0 Å². The molecule has 0 radical (unpaired) electrons. The molecule has 0 heterocycles. The largest absolute Gasteiger partial charge is 0.484 e. The van der Waals surface area contributed by atoms with E-state index >= 15 is 0 Å². The van der Waals surface area contributed by atoms with Gasteiger partial charge in [0.1, 0.15) is 5.75 Å². The minimum absolute atomic E-state index is 0.0581. The van der Waals surface area contributed by atoms with E-state index in [1.165, 1.54) is 4.90 Å². The van der Waals surface area contributed by atoms with E-state index in [0.717, 1.165) is 10.5 Å². The van der Waals surface area contributed by atoms with E-state index in [-0.39, 0.29) is 12.5 Å². The van der Waals surface area contributed by atoms with Crippen LogP contribution in [-0.2, 0) is 4.79 Å². The van der Waals surface area contributed by atoms with Crippen molar-refractivity contribution in [3.8, 4) is 5.75 Å². The van der Waals surface area contributed by atoms with Crippen molar-refractivity contribution in [3.63, 3.8) is 0 Å². The van der Waals surface area contributed by atoms with Gasteiger partial charge in [-0.3, -0.25) is 4.79 Å². The zero-order valence-electron chi connectivity index (χ0n) is 9.15. The third-order valence-corrected chi connectivity index (χ3v) is 2.15. The van der Waals surface area contributed by atoms with Gasteiger partial charge in [0.25, 0.3) is 5.91 Å². The molecule has 1 aromatic rings. The summed E-state index contributed by atoms with van der Waals surface area (Å²) in [6.07, 6.45) is 0. The second-order valence-electron chi connectivity index (χ2n) is 3.58. The maximum absolute atomic E-state index is 11.3. The second kappa shape index (κ2) is 5.07. The van der Waals surface area contributed by atoms with E-state index in [4.69, 9.17) is 4.74 Å². The molecule has 0 aliphatic heterocycles. The van der Waals surface area contributed by atoms with E-state index in [1.807, 2.05) is 19.1 Å². The molecule has 1 rings (SSSR count). The number of nitrogens with zero attached hydrogens (tertiary/aromatic N) is 1. The Labute approximate surface area is 95.4 Å². The predicted molar refractivity (Wildman–Crippen MR) is 62.6 cm³/mol. The first kappa shape index (κ1) is 11.9. The smallest absolute Gasteiger partial charge is 0.259 e. The van der Waals surface area contributed by atoms with Crippen LogP contribution in [-0.4, -0.2) is 31.5 Å². The van der Waals surface area contributed by atoms with Crippen LogP contribution in [0.4, 0.5) is 0 Å². The van der Waals surface area contributed by atoms with Crippen LogP contribution in [0.25, 0.3) is 0 Å². The molecule has 3 nitrogen and oxygen atoms in total. The fourth-order valence-electron chi connectivity index (χ4n) is 1.09. The van der Waals surface area contributed by atoms with E-state index in [9.17, 15) is 4.79 Å². The number of carbonyl (C=O) groups is 1. The van der Waals surface area contributed by atoms with Gasteiger partial charge in [0.2, 0.25) is 0 Å². The minimum atomic E-state index is -0.0581. The van der Waals surface area contributed by atoms with Gasteiger partial charge in [-0.1, -0.05) is 0 Å². The lowest BCUT2D eigenvalue weighted by Crippen LogP contribution is -2.27. The van der Waals surface area contributed by atoms with Gasteiger partial charge < -0.3 is 9.64 Å². The maximum atomic E-state index is 11.3. The summed E-state index contributed by atoms with van der Waals surface area (Å²) in [6.45, 7) is 2.02. The molecule has 0 bridgehead atoms. The van der Waals surface area contributed by atoms with Gasteiger partial charge in [-0.25, -0.2) is 0 Å². The molecular formula is C11H15NO2S. The average molecular weight is 225 g/mol. The Morgan fingerprint density at radius 3 is 2.60 bits per heavy atom. The Hall–Kier alpha value is -1.16. The van der Waals surface area contributed by atoms with Crippen molar-refractivity contribution in [2.75, 3.05) is 20.7 Å². The fraction of sp³-hybridized carbons (Fsp3) is 0.364. The lowest BCUT2D eigenvalue weighted by Gasteiger charge is -2.11. The number of hydrogen-bond donors (Lipinski definition) is 1. The zero-order chi connectivity index (χ0) is 11.4. The van der Waals surface area contributed by atoms with Crippen molar-refractivity contribution >= 4 is 18.5 Å². The van der Waals surface area contributed by atoms with Crippen LogP contribution >= 0.6 is 12.6 Å². The zero-order valence-corrected chi connectivity index (χ0v) is 10.0. The highest BCUT2D eigenvalue weighted by Crippen LogP contribution is 2.19. The Kier molecular flexibility index (Phi) is 4.03. The van der Waals surface area contributed by atoms with Crippen molar-refractivity contribution < 1.29 is 9.53 Å². The summed E-state index contributed by atoms with van der Waals surface area (Å²) in [5.41, 5.74) is 1.06. The van der Waals surface area contributed by atoms with Crippen molar-refractivity contribution in [2.24, 2.45) is 0 Å². The van der Waals surface area contributed by atoms with Gasteiger partial charge in [-0.15, -0.1) is 12.6 Å². The fourth-order valence-corrected chi connectivity index (χ4v) is 1.42. The molecule has 82 valence electrons. The van der Waals surface area contributed by atoms with Gasteiger partial charge in [0, 0.05) is 19.0 Å². The number of thiol groups is 1. The summed E-state index contributed by atoms with van der Waals surface area (Å²) in [4.78, 5) is 13.6. The maximum Gasteiger partial charge on any atom is 0.259 e. The standard InChI is InChI=1S/C11H15NO2S/c1-8-4-9(6-10(15)5-8)14-7-11(13)12(2)3/h4-6,15H,7H2,1-3H3. The topological polar surface area (TPSA) is 29.5 Å². The van der Waals surface area contributed by atoms with E-state index in [1.54, 1.807) is 20.2 Å². The van der Waals surface area contributed by atoms with Crippen molar-refractivity contribution in [3.05, 3.63) is 23.8 Å². The molecule has 4 heteroatoms. The Morgan fingerprint density at radius 1 is 1.40 bits per heavy atom. The van der Waals surface area contributed by atoms with Gasteiger partial charge >= 0.3 is 0 Å². The van der Waals surface area contributed by atoms with E-state index in [0.29, 0.717) is 5.75 Å². The minimum Gasteiger partial charge on any atom is -0.484 e. The number of ether oxygens (including phenoxy) is 1. The predicted octanol–water partition coefficient (Wildman–Crippen LogP) is 1.75. The summed E-state index contributed by atoms with van der Waals surface area (Å²) in [5.74, 6) is 0.618. The van der Waals surface area contributed by atoms with Gasteiger partial charge in [0.15, 0.2) is 6.61 Å². The van der Waals surface area contributed by atoms with E-state index < -0.39 is 0 Å². The van der Waals surface area contributed by atoms with Gasteiger partial charge in [-0.05, 0) is 30.7 Å². The third-order valence-electron chi connectivity index (χ3n) is 1.90. The van der Waals surface area contributed by atoms with Crippen molar-refractivity contribution in [2.45, 2.75) is 11.8 Å². The summed E-state index contributed by atoms with van der Waals surface area (Å²) in [5, 5.41) is 0. The van der Waals surface area contributed by atoms with Crippen LogP contribution in [0.15, 0.2) is 23.1 Å². The monoisotopic (exact) mass is 225 g/mol. The molecule has 0 atom stereocenters. The summed E-state index contributed by atoms with van der Waals surface area (Å²) in [6, 6.07) is 5.60. The number of benzene rings is 1. The van der Waals surface area contributed by atoms with Crippen molar-refractivity contribution in [1.29, 1.82) is 0 Å². The third kappa shape index (κ3) is 3.83. The van der Waals surface area contributed by atoms with Crippen LogP contribution in [0.2, 0.25) is 0 Å². The number of likely N-dealkylation sites (N-methyl/N-ethyl adjacent to an activating group) is 1. The normalized spacial score (nSPS) is 9.87. The molecule has 0 unspecified atom stereocenters. The molecule has 0 aliphatic carbocycles. The quantitative estimate of drug-likeness (QED) is 0.794. The molecular weight excluding hydrogens is 210 g/mol. The van der Waals surface area contributed by atoms with Crippen molar-refractivity contribution in [1.82, 2.24) is 4.90 Å². The molecule has 0 aliphatic rings. The number of hydrogen-bond acceptors (Lipinski definition) is 3. The number of carbonyl (C=O) groups excluding carboxylic acids is 1. The highest BCUT2D eigenvalue weighted by Gasteiger charge is 2.05. The molecule has 0 saturated carbocycles. The molecule has 1 aromatic carbocycles. The average Bonchev–Trinajstić information content (AvgIpc) is 2.12. The highest BCUT2D eigenvalue weighted by molar-refractivity contribution is 7.80. The number of rotatable bonds is 3. The molecule has 0 saturated heterocycles. The first-order valence-electron chi connectivity index (χ1n) is 4.62. The summed E-state index contributed by atoms with van der Waals surface area (Å²) in [7, 11) is 3.40. The highest BCUT2D eigenvalue weighted by atomic mass is 32.1.